The van der Waals surface area contributed by atoms with Gasteiger partial charge < -0.3 is 15.4 Å². The maximum Gasteiger partial charge on any atom is 0.264 e. The van der Waals surface area contributed by atoms with E-state index in [1.54, 1.807) is 19.1 Å². The molecule has 1 aliphatic heterocycles. The third-order valence-corrected chi connectivity index (χ3v) is 3.86. The zero-order chi connectivity index (χ0) is 16.2. The summed E-state index contributed by atoms with van der Waals surface area (Å²) in [5, 5.41) is 5.68. The first kappa shape index (κ1) is 17.0. The smallest absolute Gasteiger partial charge is 0.264 e. The first-order valence-corrected chi connectivity index (χ1v) is 7.61. The van der Waals surface area contributed by atoms with E-state index in [4.69, 9.17) is 16.3 Å². The van der Waals surface area contributed by atoms with Gasteiger partial charge >= 0.3 is 0 Å². The molecule has 1 fully saturated rings. The zero-order valence-corrected chi connectivity index (χ0v) is 13.1. The summed E-state index contributed by atoms with van der Waals surface area (Å²) in [7, 11) is 0. The maximum atomic E-state index is 13.7. The van der Waals surface area contributed by atoms with Gasteiger partial charge in [0.15, 0.2) is 0 Å². The molecule has 1 saturated heterocycles. The monoisotopic (exact) mass is 332 g/mol. The van der Waals surface area contributed by atoms with E-state index >= 15 is 0 Å². The van der Waals surface area contributed by atoms with Crippen LogP contribution in [0.1, 0.15) is 23.7 Å². The summed E-state index contributed by atoms with van der Waals surface area (Å²) in [6.45, 7) is 2.28. The van der Waals surface area contributed by atoms with Crippen LogP contribution in [0, 0.1) is 5.92 Å². The van der Waals surface area contributed by atoms with Crippen LogP contribution in [0.2, 0.25) is 5.02 Å². The summed E-state index contributed by atoms with van der Waals surface area (Å²) in [5.41, 5.74) is 0.295. The van der Waals surface area contributed by atoms with Gasteiger partial charge in [-0.2, -0.15) is 0 Å². The molecule has 1 unspecified atom stereocenters. The Hall–Kier alpha value is -1.40. The van der Waals surface area contributed by atoms with Gasteiger partial charge in [0.1, 0.15) is 5.75 Å². The molecule has 2 N–H and O–H groups in total. The summed E-state index contributed by atoms with van der Waals surface area (Å²) >= 11 is 5.88. The molecule has 0 aromatic heterocycles. The fourth-order valence-electron chi connectivity index (χ4n) is 2.41. The van der Waals surface area contributed by atoms with Gasteiger partial charge in [-0.1, -0.05) is 11.6 Å². The molecule has 1 aromatic rings. The van der Waals surface area contributed by atoms with Crippen LogP contribution in [0.3, 0.4) is 0 Å². The highest BCUT2D eigenvalue weighted by Gasteiger charge is 2.41. The number of halogens is 3. The first-order chi connectivity index (χ1) is 10.4. The quantitative estimate of drug-likeness (QED) is 0.871. The van der Waals surface area contributed by atoms with E-state index < -0.39 is 17.7 Å². The Labute approximate surface area is 133 Å². The number of piperidine rings is 1. The Morgan fingerprint density at radius 3 is 3.00 bits per heavy atom. The molecule has 1 heterocycles. The Balaban J connectivity index is 2.03. The van der Waals surface area contributed by atoms with Gasteiger partial charge in [0.2, 0.25) is 0 Å². The van der Waals surface area contributed by atoms with E-state index in [2.05, 4.69) is 10.6 Å². The van der Waals surface area contributed by atoms with E-state index in [0.29, 0.717) is 35.9 Å². The molecule has 1 aliphatic rings. The van der Waals surface area contributed by atoms with E-state index in [9.17, 15) is 13.6 Å². The molecule has 1 aromatic carbocycles. The third kappa shape index (κ3) is 4.08. The lowest BCUT2D eigenvalue weighted by Gasteiger charge is -2.31. The molecular weight excluding hydrogens is 314 g/mol. The Morgan fingerprint density at radius 1 is 1.55 bits per heavy atom. The lowest BCUT2D eigenvalue weighted by molar-refractivity contribution is -0.0712. The highest BCUT2D eigenvalue weighted by atomic mass is 35.5. The first-order valence-electron chi connectivity index (χ1n) is 7.23. The minimum absolute atomic E-state index is 0.0678. The Kier molecular flexibility index (Phi) is 5.58. The highest BCUT2D eigenvalue weighted by Crippen LogP contribution is 2.29. The summed E-state index contributed by atoms with van der Waals surface area (Å²) in [4.78, 5) is 12.2. The van der Waals surface area contributed by atoms with Crippen molar-refractivity contribution in [1.29, 1.82) is 0 Å². The highest BCUT2D eigenvalue weighted by molar-refractivity contribution is 6.30. The van der Waals surface area contributed by atoms with Crippen LogP contribution in [-0.4, -0.2) is 38.1 Å². The summed E-state index contributed by atoms with van der Waals surface area (Å²) in [6, 6.07) is 4.64. The summed E-state index contributed by atoms with van der Waals surface area (Å²) in [6.07, 6.45) is 0.326. The van der Waals surface area contributed by atoms with Crippen molar-refractivity contribution in [1.82, 2.24) is 10.6 Å². The van der Waals surface area contributed by atoms with E-state index in [0.717, 1.165) is 0 Å². The molecule has 0 bridgehead atoms. The predicted molar refractivity (Wildman–Crippen MR) is 80.9 cm³/mol. The molecule has 0 spiro atoms. The number of carbonyl (C=O) groups excluding carboxylic acids is 1. The standard InChI is InChI=1S/C15H19ClF2N2O2/c1-2-22-13-7-11(16)3-4-12(13)14(21)20-8-10-5-6-19-9-15(10,17)18/h3-4,7,10,19H,2,5-6,8-9H2,1H3,(H,20,21). The average molecular weight is 333 g/mol. The number of alkyl halides is 2. The van der Waals surface area contributed by atoms with Crippen molar-refractivity contribution in [2.75, 3.05) is 26.2 Å². The number of rotatable bonds is 5. The fraction of sp³-hybridized carbons (Fsp3) is 0.533. The third-order valence-electron chi connectivity index (χ3n) is 3.62. The number of amides is 1. The number of hydrogen-bond donors (Lipinski definition) is 2. The minimum atomic E-state index is -2.81. The molecule has 1 atom stereocenters. The van der Waals surface area contributed by atoms with Crippen molar-refractivity contribution in [2.45, 2.75) is 19.3 Å². The molecule has 0 saturated carbocycles. The van der Waals surface area contributed by atoms with Crippen molar-refractivity contribution in [3.05, 3.63) is 28.8 Å². The second-order valence-corrected chi connectivity index (χ2v) is 5.64. The van der Waals surface area contributed by atoms with Gasteiger partial charge in [-0.15, -0.1) is 0 Å². The van der Waals surface area contributed by atoms with Crippen LogP contribution in [-0.2, 0) is 0 Å². The van der Waals surface area contributed by atoms with Crippen LogP contribution in [0.15, 0.2) is 18.2 Å². The van der Waals surface area contributed by atoms with Crippen molar-refractivity contribution < 1.29 is 18.3 Å². The number of carbonyl (C=O) groups is 1. The van der Waals surface area contributed by atoms with Crippen LogP contribution in [0.25, 0.3) is 0 Å². The van der Waals surface area contributed by atoms with Crippen molar-refractivity contribution in [2.24, 2.45) is 5.92 Å². The largest absolute Gasteiger partial charge is 0.493 e. The van der Waals surface area contributed by atoms with E-state index in [-0.39, 0.29) is 13.1 Å². The van der Waals surface area contributed by atoms with Crippen molar-refractivity contribution in [3.8, 4) is 5.75 Å². The normalized spacial score (nSPS) is 20.5. The van der Waals surface area contributed by atoms with Gasteiger partial charge in [-0.25, -0.2) is 8.78 Å². The molecule has 7 heteroatoms. The van der Waals surface area contributed by atoms with Gasteiger partial charge in [-0.05, 0) is 38.1 Å². The van der Waals surface area contributed by atoms with Crippen molar-refractivity contribution >= 4 is 17.5 Å². The molecule has 122 valence electrons. The van der Waals surface area contributed by atoms with Gasteiger partial charge in [0.25, 0.3) is 11.8 Å². The lowest BCUT2D eigenvalue weighted by atomic mass is 9.94. The number of ether oxygens (including phenoxy) is 1. The fourth-order valence-corrected chi connectivity index (χ4v) is 2.57. The van der Waals surface area contributed by atoms with Gasteiger partial charge in [0, 0.05) is 17.5 Å². The number of benzene rings is 1. The van der Waals surface area contributed by atoms with Crippen molar-refractivity contribution in [3.63, 3.8) is 0 Å². The van der Waals surface area contributed by atoms with Crippen LogP contribution in [0.5, 0.6) is 5.75 Å². The van der Waals surface area contributed by atoms with Crippen LogP contribution >= 0.6 is 11.6 Å². The van der Waals surface area contributed by atoms with Crippen LogP contribution < -0.4 is 15.4 Å². The van der Waals surface area contributed by atoms with E-state index in [1.807, 2.05) is 0 Å². The lowest BCUT2D eigenvalue weighted by Crippen LogP contribution is -2.50. The van der Waals surface area contributed by atoms with Crippen LogP contribution in [0.4, 0.5) is 8.78 Å². The SMILES string of the molecule is CCOc1cc(Cl)ccc1C(=O)NCC1CCNCC1(F)F. The Morgan fingerprint density at radius 2 is 2.32 bits per heavy atom. The molecule has 1 amide bonds. The summed E-state index contributed by atoms with van der Waals surface area (Å²) in [5.74, 6) is -3.76. The van der Waals surface area contributed by atoms with Gasteiger partial charge in [0.05, 0.1) is 18.7 Å². The molecule has 0 radical (unpaired) electrons. The topological polar surface area (TPSA) is 50.4 Å². The summed E-state index contributed by atoms with van der Waals surface area (Å²) < 4.78 is 32.8. The second kappa shape index (κ2) is 7.24. The molecule has 4 nitrogen and oxygen atoms in total. The van der Waals surface area contributed by atoms with E-state index in [1.165, 1.54) is 6.07 Å². The molecule has 2 rings (SSSR count). The molecule has 0 aliphatic carbocycles. The van der Waals surface area contributed by atoms with Gasteiger partial charge in [-0.3, -0.25) is 4.79 Å². The number of nitrogens with one attached hydrogen (secondary N) is 2. The minimum Gasteiger partial charge on any atom is -0.493 e. The number of hydrogen-bond acceptors (Lipinski definition) is 3. The average Bonchev–Trinajstić information content (AvgIpc) is 2.46. The predicted octanol–water partition coefficient (Wildman–Crippen LogP) is 2.71. The second-order valence-electron chi connectivity index (χ2n) is 5.21. The maximum absolute atomic E-state index is 13.7. The Bertz CT molecular complexity index is 540. The zero-order valence-electron chi connectivity index (χ0n) is 12.3. The molecule has 22 heavy (non-hydrogen) atoms. The molecular formula is C15H19ClF2N2O2.